The molecule has 0 amide bonds. The summed E-state index contributed by atoms with van der Waals surface area (Å²) in [4.78, 5) is 2.50. The summed E-state index contributed by atoms with van der Waals surface area (Å²) in [5, 5.41) is 6.03. The first-order chi connectivity index (χ1) is 9.29. The lowest BCUT2D eigenvalue weighted by atomic mass is 10.1. The molecule has 1 aliphatic carbocycles. The van der Waals surface area contributed by atoms with Crippen molar-refractivity contribution in [2.45, 2.75) is 30.8 Å². The lowest BCUT2D eigenvalue weighted by Gasteiger charge is -2.27. The Morgan fingerprint density at radius 2 is 2.16 bits per heavy atom. The molecule has 1 saturated carbocycles. The van der Waals surface area contributed by atoms with Gasteiger partial charge < -0.3 is 4.90 Å². The molecule has 0 aliphatic heterocycles. The summed E-state index contributed by atoms with van der Waals surface area (Å²) in [5.74, 6) is 0. The zero-order valence-corrected chi connectivity index (χ0v) is 13.6. The minimum absolute atomic E-state index is 0.677. The van der Waals surface area contributed by atoms with Gasteiger partial charge in [-0.2, -0.15) is 11.3 Å². The third kappa shape index (κ3) is 2.99. The number of nitrogens with zero attached hydrogens (tertiary/aromatic N) is 1. The van der Waals surface area contributed by atoms with Crippen LogP contribution >= 0.6 is 38.9 Å². The van der Waals surface area contributed by atoms with Crippen molar-refractivity contribution in [2.75, 3.05) is 4.90 Å². The molecular formula is C15H15BrClNS. The SMILES string of the molecule is Clc1cccc(N(Cc2ccsc2)C2CC2)c1CBr. The highest BCUT2D eigenvalue weighted by molar-refractivity contribution is 9.08. The molecule has 4 heteroatoms. The standard InChI is InChI=1S/C15H15BrClNS/c16-8-13-14(17)2-1-3-15(13)18(12-4-5-12)9-11-6-7-19-10-11/h1-3,6-7,10,12H,4-5,8-9H2. The maximum atomic E-state index is 6.33. The van der Waals surface area contributed by atoms with Crippen LogP contribution in [0.15, 0.2) is 35.0 Å². The van der Waals surface area contributed by atoms with E-state index in [1.165, 1.54) is 29.7 Å². The number of anilines is 1. The van der Waals surface area contributed by atoms with Gasteiger partial charge in [0.15, 0.2) is 0 Å². The fourth-order valence-electron chi connectivity index (χ4n) is 2.33. The summed E-state index contributed by atoms with van der Waals surface area (Å²) in [6.07, 6.45) is 2.58. The van der Waals surface area contributed by atoms with Crippen LogP contribution in [0.4, 0.5) is 5.69 Å². The fourth-order valence-corrected chi connectivity index (χ4v) is 3.97. The Labute approximate surface area is 131 Å². The molecule has 1 aromatic heterocycles. The van der Waals surface area contributed by atoms with E-state index in [-0.39, 0.29) is 0 Å². The van der Waals surface area contributed by atoms with Gasteiger partial charge in [0.2, 0.25) is 0 Å². The van der Waals surface area contributed by atoms with E-state index in [1.807, 2.05) is 12.1 Å². The monoisotopic (exact) mass is 355 g/mol. The predicted octanol–water partition coefficient (Wildman–Crippen LogP) is 5.47. The number of halogens is 2. The van der Waals surface area contributed by atoms with Crippen LogP contribution < -0.4 is 4.90 Å². The molecule has 0 spiro atoms. The molecule has 0 saturated heterocycles. The molecular weight excluding hydrogens is 342 g/mol. The van der Waals surface area contributed by atoms with E-state index in [2.05, 4.69) is 43.7 Å². The van der Waals surface area contributed by atoms with E-state index < -0.39 is 0 Å². The van der Waals surface area contributed by atoms with E-state index >= 15 is 0 Å². The second-order valence-corrected chi connectivity index (χ2v) is 6.61. The largest absolute Gasteiger partial charge is 0.364 e. The van der Waals surface area contributed by atoms with E-state index in [9.17, 15) is 0 Å². The zero-order valence-electron chi connectivity index (χ0n) is 10.5. The summed E-state index contributed by atoms with van der Waals surface area (Å²) < 4.78 is 0. The van der Waals surface area contributed by atoms with Crippen LogP contribution in [0.1, 0.15) is 24.0 Å². The highest BCUT2D eigenvalue weighted by atomic mass is 79.9. The first-order valence-corrected chi connectivity index (χ1v) is 8.85. The molecule has 1 heterocycles. The molecule has 0 N–H and O–H groups in total. The van der Waals surface area contributed by atoms with Crippen molar-refractivity contribution < 1.29 is 0 Å². The van der Waals surface area contributed by atoms with Crippen LogP contribution in [0, 0.1) is 0 Å². The number of hydrogen-bond acceptors (Lipinski definition) is 2. The van der Waals surface area contributed by atoms with Crippen molar-refractivity contribution >= 4 is 44.6 Å². The molecule has 0 unspecified atom stereocenters. The Bertz CT molecular complexity index is 551. The normalized spacial score (nSPS) is 14.6. The average molecular weight is 357 g/mol. The Morgan fingerprint density at radius 1 is 1.32 bits per heavy atom. The smallest absolute Gasteiger partial charge is 0.0467 e. The van der Waals surface area contributed by atoms with Crippen molar-refractivity contribution in [3.63, 3.8) is 0 Å². The van der Waals surface area contributed by atoms with Gasteiger partial charge in [0.1, 0.15) is 0 Å². The molecule has 2 aromatic rings. The molecule has 100 valence electrons. The highest BCUT2D eigenvalue weighted by Gasteiger charge is 2.30. The van der Waals surface area contributed by atoms with Crippen molar-refractivity contribution in [3.05, 3.63) is 51.2 Å². The maximum Gasteiger partial charge on any atom is 0.0467 e. The number of thiophene rings is 1. The molecule has 1 fully saturated rings. The van der Waals surface area contributed by atoms with Gasteiger partial charge in [-0.1, -0.05) is 33.6 Å². The summed E-state index contributed by atoms with van der Waals surface area (Å²) in [7, 11) is 0. The topological polar surface area (TPSA) is 3.24 Å². The first-order valence-electron chi connectivity index (χ1n) is 6.40. The molecule has 1 aliphatic rings. The Kier molecular flexibility index (Phi) is 4.15. The summed E-state index contributed by atoms with van der Waals surface area (Å²) in [6, 6.07) is 9.09. The van der Waals surface area contributed by atoms with Gasteiger partial charge in [0, 0.05) is 34.2 Å². The zero-order chi connectivity index (χ0) is 13.2. The van der Waals surface area contributed by atoms with Gasteiger partial charge in [0.05, 0.1) is 0 Å². The van der Waals surface area contributed by atoms with E-state index in [0.717, 1.165) is 16.9 Å². The van der Waals surface area contributed by atoms with Gasteiger partial charge >= 0.3 is 0 Å². The minimum Gasteiger partial charge on any atom is -0.364 e. The minimum atomic E-state index is 0.677. The summed E-state index contributed by atoms with van der Waals surface area (Å²) in [6.45, 7) is 0.981. The molecule has 3 rings (SSSR count). The number of benzene rings is 1. The van der Waals surface area contributed by atoms with Crippen molar-refractivity contribution in [1.82, 2.24) is 0 Å². The molecule has 19 heavy (non-hydrogen) atoms. The van der Waals surface area contributed by atoms with E-state index in [0.29, 0.717) is 6.04 Å². The second-order valence-electron chi connectivity index (χ2n) is 4.86. The predicted molar refractivity (Wildman–Crippen MR) is 87.6 cm³/mol. The number of hydrogen-bond donors (Lipinski definition) is 0. The molecule has 1 nitrogen and oxygen atoms in total. The Morgan fingerprint density at radius 3 is 2.79 bits per heavy atom. The van der Waals surface area contributed by atoms with E-state index in [4.69, 9.17) is 11.6 Å². The lowest BCUT2D eigenvalue weighted by Crippen LogP contribution is -2.25. The highest BCUT2D eigenvalue weighted by Crippen LogP contribution is 2.38. The fraction of sp³-hybridized carbons (Fsp3) is 0.333. The average Bonchev–Trinajstić information content (AvgIpc) is 3.13. The summed E-state index contributed by atoms with van der Waals surface area (Å²) in [5.41, 5.74) is 3.86. The molecule has 0 bridgehead atoms. The van der Waals surface area contributed by atoms with Crippen LogP contribution in [0.2, 0.25) is 5.02 Å². The van der Waals surface area contributed by atoms with Crippen LogP contribution in [0.25, 0.3) is 0 Å². The van der Waals surface area contributed by atoms with Crippen molar-refractivity contribution in [3.8, 4) is 0 Å². The summed E-state index contributed by atoms with van der Waals surface area (Å²) >= 11 is 11.7. The van der Waals surface area contributed by atoms with Gasteiger partial charge in [-0.15, -0.1) is 0 Å². The van der Waals surface area contributed by atoms with Gasteiger partial charge in [0.25, 0.3) is 0 Å². The van der Waals surface area contributed by atoms with Crippen molar-refractivity contribution in [2.24, 2.45) is 0 Å². The first kappa shape index (κ1) is 13.5. The second kappa shape index (κ2) is 5.86. The van der Waals surface area contributed by atoms with Gasteiger partial charge in [-0.25, -0.2) is 0 Å². The van der Waals surface area contributed by atoms with Crippen LogP contribution in [-0.2, 0) is 11.9 Å². The van der Waals surface area contributed by atoms with E-state index in [1.54, 1.807) is 11.3 Å². The van der Waals surface area contributed by atoms with Crippen LogP contribution in [-0.4, -0.2) is 6.04 Å². The quantitative estimate of drug-likeness (QED) is 0.642. The maximum absolute atomic E-state index is 6.33. The third-order valence-corrected chi connectivity index (χ3v) is 5.10. The number of rotatable bonds is 5. The third-order valence-electron chi connectivity index (χ3n) is 3.46. The van der Waals surface area contributed by atoms with Crippen LogP contribution in [0.3, 0.4) is 0 Å². The molecule has 1 aromatic carbocycles. The van der Waals surface area contributed by atoms with Crippen molar-refractivity contribution in [1.29, 1.82) is 0 Å². The Balaban J connectivity index is 1.94. The lowest BCUT2D eigenvalue weighted by molar-refractivity contribution is 0.793. The number of alkyl halides is 1. The van der Waals surface area contributed by atoms with Gasteiger partial charge in [-0.3, -0.25) is 0 Å². The molecule has 0 radical (unpaired) electrons. The van der Waals surface area contributed by atoms with Gasteiger partial charge in [-0.05, 0) is 47.4 Å². The molecule has 0 atom stereocenters. The van der Waals surface area contributed by atoms with Crippen LogP contribution in [0.5, 0.6) is 0 Å². The Hall–Kier alpha value is -0.510.